The van der Waals surface area contributed by atoms with E-state index in [1.54, 1.807) is 6.07 Å². The number of amides is 1. The van der Waals surface area contributed by atoms with Gasteiger partial charge in [0.15, 0.2) is 0 Å². The Bertz CT molecular complexity index is 437. The second-order valence-electron chi connectivity index (χ2n) is 4.58. The largest absolute Gasteiger partial charge is 0.388 e. The third-order valence-corrected chi connectivity index (χ3v) is 3.53. The lowest BCUT2D eigenvalue weighted by Gasteiger charge is -2.16. The van der Waals surface area contributed by atoms with Crippen LogP contribution in [-0.2, 0) is 6.54 Å². The molecule has 2 rings (SSSR count). The lowest BCUT2D eigenvalue weighted by Crippen LogP contribution is -2.31. The number of aromatic nitrogens is 1. The van der Waals surface area contributed by atoms with E-state index in [-0.39, 0.29) is 19.0 Å². The molecule has 6 heteroatoms. The van der Waals surface area contributed by atoms with Crippen molar-refractivity contribution in [1.29, 1.82) is 0 Å². The Morgan fingerprint density at radius 1 is 1.44 bits per heavy atom. The van der Waals surface area contributed by atoms with Gasteiger partial charge in [-0.2, -0.15) is 0 Å². The number of nitrogens with zero attached hydrogens (tertiary/aromatic N) is 2. The van der Waals surface area contributed by atoms with Crippen molar-refractivity contribution < 1.29 is 15.0 Å². The monoisotopic (exact) mass is 316 g/mol. The number of carbonyl (C=O) groups excluding carboxylic acids is 1. The maximum atomic E-state index is 12.3. The van der Waals surface area contributed by atoms with Crippen LogP contribution in [0.3, 0.4) is 0 Å². The predicted octanol–water partition coefficient (Wildman–Crippen LogP) is 0.838. The Hall–Kier alpha value is -0.850. The molecule has 2 N–H and O–H groups in total. The normalized spacial score (nSPS) is 23.7. The lowest BCUT2D eigenvalue weighted by atomic mass is 10.3. The van der Waals surface area contributed by atoms with E-state index in [0.717, 1.165) is 17.4 Å². The second kappa shape index (κ2) is 5.42. The molecule has 0 aromatic carbocycles. The van der Waals surface area contributed by atoms with Crippen molar-refractivity contribution in [2.75, 3.05) is 13.1 Å². The van der Waals surface area contributed by atoms with Gasteiger partial charge in [-0.3, -0.25) is 4.79 Å². The minimum absolute atomic E-state index is 0.148. The number of aliphatic hydroxyl groups excluding tert-OH is 2. The standard InChI is InChI=1S/C12H17BrN2O3/c1-2-3-14-5-8(13)4-9(14)12(18)15-6-10(16)11(17)7-15/h4-5,10-11,16-17H,2-3,6-7H2,1H3. The van der Waals surface area contributed by atoms with E-state index in [2.05, 4.69) is 15.9 Å². The van der Waals surface area contributed by atoms with Gasteiger partial charge in [0.05, 0.1) is 12.2 Å². The van der Waals surface area contributed by atoms with Crippen molar-refractivity contribution in [3.63, 3.8) is 0 Å². The van der Waals surface area contributed by atoms with Crippen LogP contribution in [0.15, 0.2) is 16.7 Å². The molecule has 2 atom stereocenters. The third-order valence-electron chi connectivity index (χ3n) is 3.09. The van der Waals surface area contributed by atoms with Gasteiger partial charge in [0, 0.05) is 30.3 Å². The molecule has 1 aliphatic rings. The Labute approximate surface area is 114 Å². The molecule has 2 heterocycles. The molecule has 100 valence electrons. The first-order valence-corrected chi connectivity index (χ1v) is 6.83. The summed E-state index contributed by atoms with van der Waals surface area (Å²) in [4.78, 5) is 13.8. The Kier molecular flexibility index (Phi) is 4.09. The van der Waals surface area contributed by atoms with Crippen LogP contribution in [0.2, 0.25) is 0 Å². The van der Waals surface area contributed by atoms with Crippen LogP contribution < -0.4 is 0 Å². The van der Waals surface area contributed by atoms with Gasteiger partial charge in [-0.05, 0) is 28.4 Å². The van der Waals surface area contributed by atoms with E-state index in [4.69, 9.17) is 0 Å². The summed E-state index contributed by atoms with van der Waals surface area (Å²) in [5.41, 5.74) is 0.588. The number of carbonyl (C=O) groups is 1. The number of aliphatic hydroxyl groups is 2. The molecule has 0 aliphatic carbocycles. The summed E-state index contributed by atoms with van der Waals surface area (Å²) < 4.78 is 2.75. The Morgan fingerprint density at radius 2 is 2.06 bits per heavy atom. The van der Waals surface area contributed by atoms with E-state index >= 15 is 0 Å². The molecule has 0 spiro atoms. The molecule has 1 fully saturated rings. The summed E-state index contributed by atoms with van der Waals surface area (Å²) in [6.45, 7) is 3.20. The summed E-state index contributed by atoms with van der Waals surface area (Å²) >= 11 is 3.36. The van der Waals surface area contributed by atoms with Crippen LogP contribution in [0.4, 0.5) is 0 Å². The number of hydrogen-bond acceptors (Lipinski definition) is 3. The molecule has 18 heavy (non-hydrogen) atoms. The average Bonchev–Trinajstić information content (AvgIpc) is 2.83. The van der Waals surface area contributed by atoms with Gasteiger partial charge < -0.3 is 19.7 Å². The number of halogens is 1. The molecule has 0 bridgehead atoms. The fourth-order valence-electron chi connectivity index (χ4n) is 2.18. The van der Waals surface area contributed by atoms with Crippen LogP contribution in [0.25, 0.3) is 0 Å². The van der Waals surface area contributed by atoms with Crippen molar-refractivity contribution in [2.24, 2.45) is 0 Å². The zero-order valence-electron chi connectivity index (χ0n) is 10.2. The molecular formula is C12H17BrN2O3. The maximum absolute atomic E-state index is 12.3. The van der Waals surface area contributed by atoms with Crippen molar-refractivity contribution in [3.05, 3.63) is 22.4 Å². The molecule has 1 saturated heterocycles. The van der Waals surface area contributed by atoms with E-state index in [1.165, 1.54) is 4.90 Å². The molecule has 0 radical (unpaired) electrons. The smallest absolute Gasteiger partial charge is 0.270 e. The summed E-state index contributed by atoms with van der Waals surface area (Å²) in [5.74, 6) is -0.148. The van der Waals surface area contributed by atoms with Crippen molar-refractivity contribution >= 4 is 21.8 Å². The highest BCUT2D eigenvalue weighted by Crippen LogP contribution is 2.20. The van der Waals surface area contributed by atoms with Crippen LogP contribution in [0.1, 0.15) is 23.8 Å². The molecule has 2 unspecified atom stereocenters. The highest BCUT2D eigenvalue weighted by molar-refractivity contribution is 9.10. The minimum Gasteiger partial charge on any atom is -0.388 e. The molecule has 1 aromatic heterocycles. The van der Waals surface area contributed by atoms with Crippen molar-refractivity contribution in [1.82, 2.24) is 9.47 Å². The SMILES string of the molecule is CCCn1cc(Br)cc1C(=O)N1CC(O)C(O)C1. The predicted molar refractivity (Wildman–Crippen MR) is 70.3 cm³/mol. The topological polar surface area (TPSA) is 65.7 Å². The summed E-state index contributed by atoms with van der Waals surface area (Å²) in [5, 5.41) is 19.0. The minimum atomic E-state index is -0.841. The molecule has 5 nitrogen and oxygen atoms in total. The van der Waals surface area contributed by atoms with Crippen LogP contribution in [0.5, 0.6) is 0 Å². The van der Waals surface area contributed by atoms with Crippen LogP contribution in [-0.4, -0.2) is 50.9 Å². The van der Waals surface area contributed by atoms with Gasteiger partial charge in [0.25, 0.3) is 5.91 Å². The fraction of sp³-hybridized carbons (Fsp3) is 0.583. The first kappa shape index (κ1) is 13.6. The first-order chi connectivity index (χ1) is 8.52. The zero-order valence-corrected chi connectivity index (χ0v) is 11.8. The van der Waals surface area contributed by atoms with E-state index in [0.29, 0.717) is 5.69 Å². The fourth-order valence-corrected chi connectivity index (χ4v) is 2.64. The quantitative estimate of drug-likeness (QED) is 0.868. The van der Waals surface area contributed by atoms with Crippen molar-refractivity contribution in [3.8, 4) is 0 Å². The molecule has 0 saturated carbocycles. The number of hydrogen-bond donors (Lipinski definition) is 2. The van der Waals surface area contributed by atoms with Crippen LogP contribution >= 0.6 is 15.9 Å². The Balaban J connectivity index is 2.18. The lowest BCUT2D eigenvalue weighted by molar-refractivity contribution is 0.0572. The van der Waals surface area contributed by atoms with Gasteiger partial charge in [-0.1, -0.05) is 6.92 Å². The zero-order chi connectivity index (χ0) is 13.3. The molecular weight excluding hydrogens is 300 g/mol. The summed E-state index contributed by atoms with van der Waals surface area (Å²) in [6, 6.07) is 1.77. The third kappa shape index (κ3) is 2.60. The highest BCUT2D eigenvalue weighted by Gasteiger charge is 2.33. The van der Waals surface area contributed by atoms with Gasteiger partial charge in [-0.25, -0.2) is 0 Å². The average molecular weight is 317 g/mol. The number of aryl methyl sites for hydroxylation is 1. The molecule has 1 aromatic rings. The highest BCUT2D eigenvalue weighted by atomic mass is 79.9. The van der Waals surface area contributed by atoms with E-state index < -0.39 is 12.2 Å². The van der Waals surface area contributed by atoms with Crippen molar-refractivity contribution in [2.45, 2.75) is 32.1 Å². The van der Waals surface area contributed by atoms with E-state index in [9.17, 15) is 15.0 Å². The number of rotatable bonds is 3. The molecule has 1 amide bonds. The second-order valence-corrected chi connectivity index (χ2v) is 5.50. The van der Waals surface area contributed by atoms with Gasteiger partial charge in [-0.15, -0.1) is 0 Å². The summed E-state index contributed by atoms with van der Waals surface area (Å²) in [7, 11) is 0. The Morgan fingerprint density at radius 3 is 2.61 bits per heavy atom. The molecule has 1 aliphatic heterocycles. The first-order valence-electron chi connectivity index (χ1n) is 6.04. The van der Waals surface area contributed by atoms with Gasteiger partial charge in [0.2, 0.25) is 0 Å². The van der Waals surface area contributed by atoms with Gasteiger partial charge in [0.1, 0.15) is 5.69 Å². The van der Waals surface area contributed by atoms with E-state index in [1.807, 2.05) is 17.7 Å². The number of β-amino-alcohol motifs (C(OH)–C–C–N with tert-alkyl or cyclic N) is 2. The number of likely N-dealkylation sites (tertiary alicyclic amines) is 1. The van der Waals surface area contributed by atoms with Gasteiger partial charge >= 0.3 is 0 Å². The summed E-state index contributed by atoms with van der Waals surface area (Å²) in [6.07, 6.45) is 1.13. The maximum Gasteiger partial charge on any atom is 0.270 e. The van der Waals surface area contributed by atoms with Crippen LogP contribution in [0, 0.1) is 0 Å².